The molecule has 0 spiro atoms. The SMILES string of the molecule is Cc1cccc(OCCNS(=O)(=O)c2c(Br)nnn2C)c1. The summed E-state index contributed by atoms with van der Waals surface area (Å²) in [5, 5.41) is 7.27. The van der Waals surface area contributed by atoms with Crippen molar-refractivity contribution in [1.82, 2.24) is 19.7 Å². The first-order chi connectivity index (χ1) is 9.90. The Balaban J connectivity index is 1.91. The third-order valence-corrected chi connectivity index (χ3v) is 4.99. The van der Waals surface area contributed by atoms with Crippen LogP contribution in [0.3, 0.4) is 0 Å². The van der Waals surface area contributed by atoms with Gasteiger partial charge in [-0.3, -0.25) is 0 Å². The molecule has 0 atom stereocenters. The maximum absolute atomic E-state index is 12.1. The molecule has 0 bridgehead atoms. The number of ether oxygens (including phenoxy) is 1. The second-order valence-corrected chi connectivity index (χ2v) is 6.81. The van der Waals surface area contributed by atoms with Gasteiger partial charge in [-0.15, -0.1) is 5.10 Å². The summed E-state index contributed by atoms with van der Waals surface area (Å²) >= 11 is 3.06. The molecule has 0 fully saturated rings. The van der Waals surface area contributed by atoms with Crippen LogP contribution in [0.5, 0.6) is 5.75 Å². The van der Waals surface area contributed by atoms with Crippen LogP contribution in [0.15, 0.2) is 33.9 Å². The van der Waals surface area contributed by atoms with Gasteiger partial charge in [0.05, 0.1) is 0 Å². The minimum atomic E-state index is -3.68. The van der Waals surface area contributed by atoms with Crippen LogP contribution in [-0.2, 0) is 17.1 Å². The zero-order valence-corrected chi connectivity index (χ0v) is 14.0. The summed E-state index contributed by atoms with van der Waals surface area (Å²) in [7, 11) is -2.17. The predicted molar refractivity (Wildman–Crippen MR) is 80.6 cm³/mol. The number of hydrogen-bond donors (Lipinski definition) is 1. The number of nitrogens with zero attached hydrogens (tertiary/aromatic N) is 3. The molecule has 21 heavy (non-hydrogen) atoms. The van der Waals surface area contributed by atoms with E-state index in [0.29, 0.717) is 5.75 Å². The fraction of sp³-hybridized carbons (Fsp3) is 0.333. The Bertz CT molecular complexity index is 710. The van der Waals surface area contributed by atoms with E-state index in [-0.39, 0.29) is 22.8 Å². The first-order valence-corrected chi connectivity index (χ1v) is 8.42. The maximum atomic E-state index is 12.1. The summed E-state index contributed by atoms with van der Waals surface area (Å²) in [6.45, 7) is 2.34. The first kappa shape index (κ1) is 15.9. The van der Waals surface area contributed by atoms with Crippen molar-refractivity contribution >= 4 is 26.0 Å². The van der Waals surface area contributed by atoms with Crippen molar-refractivity contribution in [1.29, 1.82) is 0 Å². The number of aromatic nitrogens is 3. The zero-order valence-electron chi connectivity index (χ0n) is 11.6. The van der Waals surface area contributed by atoms with Gasteiger partial charge in [-0.2, -0.15) is 0 Å². The van der Waals surface area contributed by atoms with Gasteiger partial charge < -0.3 is 4.74 Å². The summed E-state index contributed by atoms with van der Waals surface area (Å²) in [6.07, 6.45) is 0. The van der Waals surface area contributed by atoms with Gasteiger partial charge in [-0.05, 0) is 40.5 Å². The van der Waals surface area contributed by atoms with E-state index >= 15 is 0 Å². The third-order valence-electron chi connectivity index (χ3n) is 2.64. The highest BCUT2D eigenvalue weighted by Gasteiger charge is 2.23. The molecule has 1 N–H and O–H groups in total. The van der Waals surface area contributed by atoms with Gasteiger partial charge in [0.2, 0.25) is 5.03 Å². The number of sulfonamides is 1. The molecule has 2 rings (SSSR count). The van der Waals surface area contributed by atoms with Crippen molar-refractivity contribution in [3.05, 3.63) is 34.4 Å². The lowest BCUT2D eigenvalue weighted by Gasteiger charge is -2.09. The summed E-state index contributed by atoms with van der Waals surface area (Å²) < 4.78 is 33.5. The fourth-order valence-corrected chi connectivity index (χ4v) is 3.83. The molecule has 0 saturated heterocycles. The molecular weight excluding hydrogens is 360 g/mol. The molecule has 1 aromatic heterocycles. The lowest BCUT2D eigenvalue weighted by Crippen LogP contribution is -2.30. The molecule has 1 aromatic carbocycles. The van der Waals surface area contributed by atoms with Crippen LogP contribution in [0.25, 0.3) is 0 Å². The molecule has 0 unspecified atom stereocenters. The van der Waals surface area contributed by atoms with Crippen molar-refractivity contribution in [2.24, 2.45) is 7.05 Å². The number of halogens is 1. The Morgan fingerprint density at radius 3 is 2.81 bits per heavy atom. The van der Waals surface area contributed by atoms with E-state index in [4.69, 9.17) is 4.74 Å². The first-order valence-electron chi connectivity index (χ1n) is 6.14. The summed E-state index contributed by atoms with van der Waals surface area (Å²) in [5.74, 6) is 0.706. The highest BCUT2D eigenvalue weighted by Crippen LogP contribution is 2.17. The minimum Gasteiger partial charge on any atom is -0.492 e. The van der Waals surface area contributed by atoms with Crippen molar-refractivity contribution in [2.45, 2.75) is 11.9 Å². The summed E-state index contributed by atoms with van der Waals surface area (Å²) in [4.78, 5) is 0. The smallest absolute Gasteiger partial charge is 0.260 e. The van der Waals surface area contributed by atoms with Crippen molar-refractivity contribution in [3.63, 3.8) is 0 Å². The second-order valence-electron chi connectivity index (χ2n) is 4.37. The van der Waals surface area contributed by atoms with E-state index in [9.17, 15) is 8.42 Å². The van der Waals surface area contributed by atoms with Crippen LogP contribution in [0.1, 0.15) is 5.56 Å². The molecule has 0 aliphatic heterocycles. The quantitative estimate of drug-likeness (QED) is 0.768. The van der Waals surface area contributed by atoms with Gasteiger partial charge in [0.25, 0.3) is 10.0 Å². The molecule has 0 aliphatic carbocycles. The monoisotopic (exact) mass is 374 g/mol. The van der Waals surface area contributed by atoms with E-state index in [1.807, 2.05) is 31.2 Å². The number of aryl methyl sites for hydroxylation is 2. The number of benzene rings is 1. The fourth-order valence-electron chi connectivity index (χ4n) is 1.73. The van der Waals surface area contributed by atoms with Gasteiger partial charge in [0.1, 0.15) is 12.4 Å². The molecule has 1 heterocycles. The molecule has 0 amide bonds. The molecule has 0 saturated carbocycles. The summed E-state index contributed by atoms with van der Waals surface area (Å²) in [5.41, 5.74) is 1.08. The summed E-state index contributed by atoms with van der Waals surface area (Å²) in [6, 6.07) is 7.55. The Morgan fingerprint density at radius 2 is 2.19 bits per heavy atom. The largest absolute Gasteiger partial charge is 0.492 e. The van der Waals surface area contributed by atoms with E-state index in [1.165, 1.54) is 11.7 Å². The van der Waals surface area contributed by atoms with Crippen LogP contribution in [0.2, 0.25) is 0 Å². The van der Waals surface area contributed by atoms with E-state index in [1.54, 1.807) is 0 Å². The van der Waals surface area contributed by atoms with Gasteiger partial charge in [-0.25, -0.2) is 17.8 Å². The highest BCUT2D eigenvalue weighted by atomic mass is 79.9. The Labute approximate surface area is 131 Å². The average Bonchev–Trinajstić information content (AvgIpc) is 2.75. The van der Waals surface area contributed by atoms with E-state index in [0.717, 1.165) is 5.56 Å². The number of nitrogens with one attached hydrogen (secondary N) is 1. The van der Waals surface area contributed by atoms with E-state index < -0.39 is 10.0 Å². The van der Waals surface area contributed by atoms with Crippen LogP contribution in [-0.4, -0.2) is 36.6 Å². The minimum absolute atomic E-state index is 0.0157. The normalized spacial score (nSPS) is 11.6. The highest BCUT2D eigenvalue weighted by molar-refractivity contribution is 9.10. The number of rotatable bonds is 6. The lowest BCUT2D eigenvalue weighted by atomic mass is 10.2. The zero-order chi connectivity index (χ0) is 15.5. The molecule has 9 heteroatoms. The third kappa shape index (κ3) is 4.02. The van der Waals surface area contributed by atoms with Gasteiger partial charge in [0.15, 0.2) is 4.60 Å². The van der Waals surface area contributed by atoms with Crippen molar-refractivity contribution in [2.75, 3.05) is 13.2 Å². The Kier molecular flexibility index (Phi) is 4.96. The van der Waals surface area contributed by atoms with Crippen LogP contribution in [0, 0.1) is 6.92 Å². The molecular formula is C12H15BrN4O3S. The predicted octanol–water partition coefficient (Wildman–Crippen LogP) is 1.24. The van der Waals surface area contributed by atoms with E-state index in [2.05, 4.69) is 31.0 Å². The molecule has 0 aliphatic rings. The molecule has 114 valence electrons. The molecule has 7 nitrogen and oxygen atoms in total. The van der Waals surface area contributed by atoms with Crippen LogP contribution < -0.4 is 9.46 Å². The van der Waals surface area contributed by atoms with Gasteiger partial charge >= 0.3 is 0 Å². The average molecular weight is 375 g/mol. The molecule has 0 radical (unpaired) electrons. The van der Waals surface area contributed by atoms with Crippen molar-refractivity contribution < 1.29 is 13.2 Å². The maximum Gasteiger partial charge on any atom is 0.260 e. The van der Waals surface area contributed by atoms with Crippen LogP contribution in [0.4, 0.5) is 0 Å². The second kappa shape index (κ2) is 6.54. The Hall–Kier alpha value is -1.45. The van der Waals surface area contributed by atoms with Gasteiger partial charge in [0, 0.05) is 13.6 Å². The lowest BCUT2D eigenvalue weighted by molar-refractivity contribution is 0.322. The molecule has 2 aromatic rings. The Morgan fingerprint density at radius 1 is 1.43 bits per heavy atom. The van der Waals surface area contributed by atoms with Crippen molar-refractivity contribution in [3.8, 4) is 5.75 Å². The topological polar surface area (TPSA) is 86.1 Å². The number of hydrogen-bond acceptors (Lipinski definition) is 5. The standard InChI is InChI=1S/C12H15BrN4O3S/c1-9-4-3-5-10(8-9)20-7-6-14-21(18,19)12-11(13)15-16-17(12)2/h3-5,8,14H,6-7H2,1-2H3. The van der Waals surface area contributed by atoms with Gasteiger partial charge in [-0.1, -0.05) is 17.3 Å². The van der Waals surface area contributed by atoms with Crippen LogP contribution >= 0.6 is 15.9 Å².